The summed E-state index contributed by atoms with van der Waals surface area (Å²) in [5.74, 6) is -0.129. The summed E-state index contributed by atoms with van der Waals surface area (Å²) in [5.41, 5.74) is 2.40. The molecule has 7 heteroatoms. The van der Waals surface area contributed by atoms with E-state index in [9.17, 15) is 4.79 Å². The van der Waals surface area contributed by atoms with Crippen LogP contribution >= 0.6 is 11.3 Å². The van der Waals surface area contributed by atoms with Crippen molar-refractivity contribution in [3.8, 4) is 11.1 Å². The summed E-state index contributed by atoms with van der Waals surface area (Å²) in [5, 5.41) is 13.3. The third kappa shape index (κ3) is 3.05. The van der Waals surface area contributed by atoms with Crippen LogP contribution in [0.15, 0.2) is 29.9 Å². The molecule has 3 heterocycles. The molecule has 0 radical (unpaired) electrons. The fourth-order valence-electron chi connectivity index (χ4n) is 3.00. The van der Waals surface area contributed by atoms with E-state index in [1.807, 2.05) is 44.6 Å². The number of pyridine rings is 1. The molecule has 2 aromatic heterocycles. The average molecular weight is 358 g/mol. The number of aromatic nitrogens is 1. The van der Waals surface area contributed by atoms with Crippen molar-refractivity contribution in [2.24, 2.45) is 0 Å². The molecule has 1 fully saturated rings. The van der Waals surface area contributed by atoms with Gasteiger partial charge in [0, 0.05) is 36.5 Å². The van der Waals surface area contributed by atoms with E-state index in [4.69, 9.17) is 10.1 Å². The fraction of sp³-hybridized carbons (Fsp3) is 0.389. The first-order valence-corrected chi connectivity index (χ1v) is 9.01. The summed E-state index contributed by atoms with van der Waals surface area (Å²) < 4.78 is 5.76. The summed E-state index contributed by atoms with van der Waals surface area (Å²) in [6.07, 6.45) is 2.97. The van der Waals surface area contributed by atoms with Crippen molar-refractivity contribution >= 4 is 23.2 Å². The quantitative estimate of drug-likeness (QED) is 0.881. The van der Waals surface area contributed by atoms with Crippen molar-refractivity contribution in [2.45, 2.75) is 32.4 Å². The Kier molecular flexibility index (Phi) is 4.62. The van der Waals surface area contributed by atoms with Crippen LogP contribution in [0, 0.1) is 12.3 Å². The monoisotopic (exact) mass is 358 g/mol. The summed E-state index contributed by atoms with van der Waals surface area (Å²) in [6.45, 7) is 6.21. The third-order valence-corrected chi connectivity index (χ3v) is 5.61. The van der Waals surface area contributed by atoms with Crippen LogP contribution in [0.25, 0.3) is 11.1 Å². The zero-order valence-corrected chi connectivity index (χ0v) is 15.6. The van der Waals surface area contributed by atoms with Gasteiger partial charge in [0.2, 0.25) is 0 Å². The van der Waals surface area contributed by atoms with E-state index in [0.29, 0.717) is 6.61 Å². The molecule has 0 bridgehead atoms. The Bertz CT molecular complexity index is 819. The zero-order valence-electron chi connectivity index (χ0n) is 14.8. The van der Waals surface area contributed by atoms with Crippen molar-refractivity contribution in [3.05, 3.63) is 40.3 Å². The van der Waals surface area contributed by atoms with Crippen LogP contribution in [-0.2, 0) is 15.1 Å². The molecule has 0 spiro atoms. The van der Waals surface area contributed by atoms with E-state index >= 15 is 0 Å². The van der Waals surface area contributed by atoms with Crippen LogP contribution in [0.2, 0.25) is 0 Å². The highest BCUT2D eigenvalue weighted by Gasteiger charge is 2.49. The SMILES string of the molecule is CCO[C@@H]1C(=O)N(C)C(=N)N[C@]1(C)c1cc(-c2cncc(C)c2)cs1. The summed E-state index contributed by atoms with van der Waals surface area (Å²) in [6, 6.07) is 4.13. The van der Waals surface area contributed by atoms with Gasteiger partial charge in [-0.3, -0.25) is 20.1 Å². The molecule has 6 nitrogen and oxygen atoms in total. The number of amides is 1. The lowest BCUT2D eigenvalue weighted by Crippen LogP contribution is -2.67. The summed E-state index contributed by atoms with van der Waals surface area (Å²) in [7, 11) is 1.58. The lowest BCUT2D eigenvalue weighted by atomic mass is 9.89. The smallest absolute Gasteiger partial charge is 0.260 e. The number of hydrogen-bond acceptors (Lipinski definition) is 5. The van der Waals surface area contributed by atoms with E-state index in [0.717, 1.165) is 21.6 Å². The molecule has 1 aliphatic heterocycles. The minimum atomic E-state index is -0.781. The Labute approximate surface area is 151 Å². The molecule has 0 aromatic carbocycles. The molecule has 0 aliphatic carbocycles. The van der Waals surface area contributed by atoms with Crippen molar-refractivity contribution < 1.29 is 9.53 Å². The van der Waals surface area contributed by atoms with Crippen LogP contribution in [0.1, 0.15) is 24.3 Å². The van der Waals surface area contributed by atoms with Gasteiger partial charge in [0.25, 0.3) is 5.91 Å². The zero-order chi connectivity index (χ0) is 18.2. The van der Waals surface area contributed by atoms with Crippen LogP contribution in [-0.4, -0.2) is 41.5 Å². The second-order valence-corrected chi connectivity index (χ2v) is 7.27. The van der Waals surface area contributed by atoms with E-state index in [2.05, 4.69) is 16.4 Å². The first kappa shape index (κ1) is 17.6. The maximum absolute atomic E-state index is 12.7. The minimum absolute atomic E-state index is 0.0793. The van der Waals surface area contributed by atoms with Crippen molar-refractivity contribution in [1.29, 1.82) is 5.41 Å². The number of thiophene rings is 1. The number of likely N-dealkylation sites (N-methyl/N-ethyl adjacent to an activating group) is 1. The molecule has 132 valence electrons. The second kappa shape index (κ2) is 6.57. The topological polar surface area (TPSA) is 78.3 Å². The number of carbonyl (C=O) groups is 1. The first-order chi connectivity index (χ1) is 11.9. The Morgan fingerprint density at radius 1 is 1.40 bits per heavy atom. The minimum Gasteiger partial charge on any atom is -0.366 e. The highest BCUT2D eigenvalue weighted by Crippen LogP contribution is 2.37. The fourth-order valence-corrected chi connectivity index (χ4v) is 4.05. The van der Waals surface area contributed by atoms with E-state index < -0.39 is 11.6 Å². The highest BCUT2D eigenvalue weighted by molar-refractivity contribution is 7.10. The number of rotatable bonds is 4. The van der Waals surface area contributed by atoms with Crippen LogP contribution in [0.5, 0.6) is 0 Å². The Balaban J connectivity index is 2.01. The van der Waals surface area contributed by atoms with Gasteiger partial charge in [-0.05, 0) is 49.4 Å². The van der Waals surface area contributed by atoms with E-state index in [1.54, 1.807) is 18.4 Å². The average Bonchev–Trinajstić information content (AvgIpc) is 3.08. The Morgan fingerprint density at radius 2 is 2.16 bits per heavy atom. The number of aryl methyl sites for hydroxylation is 1. The van der Waals surface area contributed by atoms with Gasteiger partial charge < -0.3 is 10.1 Å². The number of nitrogens with zero attached hydrogens (tertiary/aromatic N) is 2. The Hall–Kier alpha value is -2.25. The van der Waals surface area contributed by atoms with Gasteiger partial charge in [-0.1, -0.05) is 0 Å². The molecule has 1 amide bonds. The molecule has 2 N–H and O–H groups in total. The first-order valence-electron chi connectivity index (χ1n) is 8.13. The van der Waals surface area contributed by atoms with Gasteiger partial charge in [-0.2, -0.15) is 0 Å². The van der Waals surface area contributed by atoms with Crippen molar-refractivity contribution in [1.82, 2.24) is 15.2 Å². The summed E-state index contributed by atoms with van der Waals surface area (Å²) >= 11 is 1.55. The van der Waals surface area contributed by atoms with Crippen molar-refractivity contribution in [3.63, 3.8) is 0 Å². The van der Waals surface area contributed by atoms with Gasteiger partial charge in [0.05, 0.1) is 0 Å². The molecular formula is C18H22N4O2S. The van der Waals surface area contributed by atoms with Gasteiger partial charge in [-0.25, -0.2) is 0 Å². The molecule has 2 aromatic rings. The largest absolute Gasteiger partial charge is 0.366 e. The molecule has 25 heavy (non-hydrogen) atoms. The third-order valence-electron chi connectivity index (χ3n) is 4.45. The maximum Gasteiger partial charge on any atom is 0.260 e. The van der Waals surface area contributed by atoms with E-state index in [1.165, 1.54) is 4.90 Å². The number of ether oxygens (including phenoxy) is 1. The second-order valence-electron chi connectivity index (χ2n) is 6.36. The number of nitrogens with one attached hydrogen (secondary N) is 2. The van der Waals surface area contributed by atoms with Gasteiger partial charge in [0.1, 0.15) is 5.54 Å². The summed E-state index contributed by atoms with van der Waals surface area (Å²) in [4.78, 5) is 19.1. The molecule has 2 atom stereocenters. The van der Waals surface area contributed by atoms with Crippen LogP contribution in [0.4, 0.5) is 0 Å². The number of carbonyl (C=O) groups excluding carboxylic acids is 1. The van der Waals surface area contributed by atoms with Crippen molar-refractivity contribution in [2.75, 3.05) is 13.7 Å². The molecule has 0 saturated carbocycles. The molecule has 1 saturated heterocycles. The molecular weight excluding hydrogens is 336 g/mol. The standard InChI is InChI=1S/C18H22N4O2S/c1-5-24-15-16(23)22(4)17(19)21-18(15,3)14-7-13(10-25-14)12-6-11(2)8-20-9-12/h6-10,15H,5H2,1-4H3,(H2,19,21)/t15-,18-/m1/s1. The lowest BCUT2D eigenvalue weighted by Gasteiger charge is -2.44. The lowest BCUT2D eigenvalue weighted by molar-refractivity contribution is -0.147. The number of hydrogen-bond donors (Lipinski definition) is 2. The van der Waals surface area contributed by atoms with Gasteiger partial charge >= 0.3 is 0 Å². The van der Waals surface area contributed by atoms with Gasteiger partial charge in [0.15, 0.2) is 12.1 Å². The molecule has 3 rings (SSSR count). The number of guanidine groups is 1. The highest BCUT2D eigenvalue weighted by atomic mass is 32.1. The van der Waals surface area contributed by atoms with Crippen LogP contribution < -0.4 is 5.32 Å². The van der Waals surface area contributed by atoms with E-state index in [-0.39, 0.29) is 11.9 Å². The molecule has 1 aliphatic rings. The van der Waals surface area contributed by atoms with Crippen LogP contribution in [0.3, 0.4) is 0 Å². The predicted molar refractivity (Wildman–Crippen MR) is 98.7 cm³/mol. The molecule has 0 unspecified atom stereocenters. The normalized spacial score (nSPS) is 23.7. The van der Waals surface area contributed by atoms with Gasteiger partial charge in [-0.15, -0.1) is 11.3 Å². The maximum atomic E-state index is 12.7. The predicted octanol–water partition coefficient (Wildman–Crippen LogP) is 2.74. The Morgan fingerprint density at radius 3 is 2.84 bits per heavy atom.